The summed E-state index contributed by atoms with van der Waals surface area (Å²) in [6.45, 7) is 8.39. The van der Waals surface area contributed by atoms with E-state index >= 15 is 0 Å². The van der Waals surface area contributed by atoms with Gasteiger partial charge in [0.05, 0.1) is 0 Å². The Labute approximate surface area is 55.4 Å². The Hall–Kier alpha value is -0.660. The first-order chi connectivity index (χ1) is 4.02. The van der Waals surface area contributed by atoms with E-state index in [1.54, 1.807) is 0 Å². The normalized spacial score (nSPS) is 16.2. The van der Waals surface area contributed by atoms with E-state index in [1.807, 2.05) is 6.92 Å². The number of hydrogen-bond acceptors (Lipinski definition) is 2. The molecule has 52 valence electrons. The summed E-state index contributed by atoms with van der Waals surface area (Å²) in [5.41, 5.74) is 1.34. The van der Waals surface area contributed by atoms with Crippen LogP contribution in [0.1, 0.15) is 27.7 Å². The second-order valence-corrected chi connectivity index (χ2v) is 3.33. The summed E-state index contributed by atoms with van der Waals surface area (Å²) in [7, 11) is 0. The van der Waals surface area contributed by atoms with Crippen LogP contribution in [-0.4, -0.2) is 0 Å². The molecule has 9 heavy (non-hydrogen) atoms. The fourth-order valence-electron chi connectivity index (χ4n) is 0.452. The van der Waals surface area contributed by atoms with Gasteiger partial charge < -0.3 is 0 Å². The predicted molar refractivity (Wildman–Crippen MR) is 34.3 cm³/mol. The molecule has 1 fully saturated rings. The van der Waals surface area contributed by atoms with Crippen LogP contribution in [0.3, 0.4) is 0 Å². The summed E-state index contributed by atoms with van der Waals surface area (Å²) in [5, 5.41) is 0. The molecule has 2 nitrogen and oxygen atoms in total. The molecule has 0 amide bonds. The van der Waals surface area contributed by atoms with Gasteiger partial charge in [0.2, 0.25) is 0 Å². The van der Waals surface area contributed by atoms with E-state index < -0.39 is 0 Å². The van der Waals surface area contributed by atoms with Crippen LogP contribution in [0.5, 0.6) is 0 Å². The lowest BCUT2D eigenvalue weighted by atomic mass is 9.88. The van der Waals surface area contributed by atoms with Crippen LogP contribution in [-0.2, 0) is 9.78 Å². The summed E-state index contributed by atoms with van der Waals surface area (Å²) in [6, 6.07) is 0. The first-order valence-corrected chi connectivity index (χ1v) is 3.07. The Morgan fingerprint density at radius 3 is 1.78 bits per heavy atom. The maximum absolute atomic E-state index is 4.58. The van der Waals surface area contributed by atoms with Crippen molar-refractivity contribution in [3.05, 3.63) is 11.5 Å². The molecule has 0 aliphatic carbocycles. The van der Waals surface area contributed by atoms with Gasteiger partial charge in [0, 0.05) is 5.57 Å². The lowest BCUT2D eigenvalue weighted by molar-refractivity contribution is 0.0850. The quantitative estimate of drug-likeness (QED) is 0.369. The molecule has 0 bridgehead atoms. The number of hydrogen-bond donors (Lipinski definition) is 0. The third-order valence-electron chi connectivity index (χ3n) is 1.60. The van der Waals surface area contributed by atoms with E-state index in [9.17, 15) is 0 Å². The molecule has 1 aliphatic rings. The Balaban J connectivity index is 2.73. The standard InChI is InChI=1S/C7H12O2/c1-5(6-8-9-6)7(2,3)4/h1-4H3. The van der Waals surface area contributed by atoms with Crippen LogP contribution in [0.2, 0.25) is 0 Å². The molecular formula is C7H12O2. The van der Waals surface area contributed by atoms with E-state index in [1.165, 1.54) is 5.57 Å². The van der Waals surface area contributed by atoms with Gasteiger partial charge in [-0.05, 0) is 12.3 Å². The Kier molecular flexibility index (Phi) is 1.19. The summed E-state index contributed by atoms with van der Waals surface area (Å²) in [5.74, 6) is 0.697. The van der Waals surface area contributed by atoms with Crippen LogP contribution < -0.4 is 0 Å². The zero-order valence-corrected chi connectivity index (χ0v) is 6.32. The molecule has 0 aromatic rings. The van der Waals surface area contributed by atoms with Gasteiger partial charge in [0.1, 0.15) is 0 Å². The lowest BCUT2D eigenvalue weighted by Crippen LogP contribution is -2.06. The van der Waals surface area contributed by atoms with Crippen LogP contribution in [0.15, 0.2) is 11.5 Å². The molecule has 1 rings (SSSR count). The highest BCUT2D eigenvalue weighted by Gasteiger charge is 2.29. The molecule has 0 atom stereocenters. The molecule has 0 aromatic carbocycles. The summed E-state index contributed by atoms with van der Waals surface area (Å²) >= 11 is 0. The van der Waals surface area contributed by atoms with Crippen molar-refractivity contribution in [2.75, 3.05) is 0 Å². The molecule has 1 saturated heterocycles. The van der Waals surface area contributed by atoms with Crippen molar-refractivity contribution in [1.29, 1.82) is 0 Å². The maximum Gasteiger partial charge on any atom is 0.378 e. The van der Waals surface area contributed by atoms with Gasteiger partial charge in [-0.3, -0.25) is 0 Å². The Morgan fingerprint density at radius 1 is 1.22 bits per heavy atom. The van der Waals surface area contributed by atoms with Crippen LogP contribution in [0.25, 0.3) is 0 Å². The summed E-state index contributed by atoms with van der Waals surface area (Å²) in [4.78, 5) is 9.15. The Bertz CT molecular complexity index is 145. The minimum absolute atomic E-state index is 0.172. The van der Waals surface area contributed by atoms with Crippen LogP contribution in [0, 0.1) is 5.41 Å². The van der Waals surface area contributed by atoms with Gasteiger partial charge in [0.15, 0.2) is 0 Å². The van der Waals surface area contributed by atoms with Gasteiger partial charge in [-0.1, -0.05) is 20.8 Å². The highest BCUT2D eigenvalue weighted by Crippen LogP contribution is 2.33. The molecule has 0 aromatic heterocycles. The van der Waals surface area contributed by atoms with Crippen LogP contribution in [0.4, 0.5) is 0 Å². The molecule has 0 spiro atoms. The SMILES string of the molecule is CC(=C1OO1)C(C)(C)C. The van der Waals surface area contributed by atoms with Crippen molar-refractivity contribution in [2.24, 2.45) is 5.41 Å². The fourth-order valence-corrected chi connectivity index (χ4v) is 0.452. The van der Waals surface area contributed by atoms with Crippen molar-refractivity contribution in [3.63, 3.8) is 0 Å². The second kappa shape index (κ2) is 1.66. The molecule has 0 saturated carbocycles. The molecule has 2 heteroatoms. The fraction of sp³-hybridized carbons (Fsp3) is 0.714. The largest absolute Gasteiger partial charge is 0.378 e. The first-order valence-electron chi connectivity index (χ1n) is 3.07. The number of rotatable bonds is 0. The van der Waals surface area contributed by atoms with Crippen molar-refractivity contribution < 1.29 is 9.78 Å². The van der Waals surface area contributed by atoms with E-state index in [4.69, 9.17) is 0 Å². The monoisotopic (exact) mass is 128 g/mol. The van der Waals surface area contributed by atoms with Crippen molar-refractivity contribution >= 4 is 0 Å². The molecule has 0 radical (unpaired) electrons. The zero-order chi connectivity index (χ0) is 7.07. The number of allylic oxidation sites excluding steroid dienone is 1. The minimum Gasteiger partial charge on any atom is -0.242 e. The van der Waals surface area contributed by atoms with Gasteiger partial charge in [-0.15, -0.1) is 0 Å². The minimum atomic E-state index is 0.172. The van der Waals surface area contributed by atoms with Gasteiger partial charge >= 0.3 is 5.95 Å². The van der Waals surface area contributed by atoms with E-state index in [-0.39, 0.29) is 5.41 Å². The lowest BCUT2D eigenvalue weighted by Gasteiger charge is -2.15. The highest BCUT2D eigenvalue weighted by atomic mass is 17.4. The second-order valence-electron chi connectivity index (χ2n) is 3.33. The van der Waals surface area contributed by atoms with Crippen molar-refractivity contribution in [1.82, 2.24) is 0 Å². The molecular weight excluding hydrogens is 116 g/mol. The summed E-state index contributed by atoms with van der Waals surface area (Å²) in [6.07, 6.45) is 0. The first kappa shape index (κ1) is 6.46. The van der Waals surface area contributed by atoms with Crippen molar-refractivity contribution in [3.8, 4) is 0 Å². The highest BCUT2D eigenvalue weighted by molar-refractivity contribution is 5.10. The molecule has 0 N–H and O–H groups in total. The summed E-state index contributed by atoms with van der Waals surface area (Å²) < 4.78 is 0. The molecule has 1 heterocycles. The maximum atomic E-state index is 4.58. The van der Waals surface area contributed by atoms with Gasteiger partial charge in [-0.25, -0.2) is 9.78 Å². The molecule has 0 unspecified atom stereocenters. The third kappa shape index (κ3) is 1.37. The van der Waals surface area contributed by atoms with Gasteiger partial charge in [0.25, 0.3) is 0 Å². The van der Waals surface area contributed by atoms with E-state index in [0.717, 1.165) is 0 Å². The van der Waals surface area contributed by atoms with E-state index in [0.29, 0.717) is 5.95 Å². The van der Waals surface area contributed by atoms with Crippen molar-refractivity contribution in [2.45, 2.75) is 27.7 Å². The topological polar surface area (TPSA) is 25.1 Å². The average molecular weight is 128 g/mol. The zero-order valence-electron chi connectivity index (χ0n) is 6.32. The smallest absolute Gasteiger partial charge is 0.242 e. The van der Waals surface area contributed by atoms with Crippen LogP contribution >= 0.6 is 0 Å². The molecule has 1 aliphatic heterocycles. The Morgan fingerprint density at radius 2 is 1.67 bits per heavy atom. The van der Waals surface area contributed by atoms with Gasteiger partial charge in [-0.2, -0.15) is 0 Å². The third-order valence-corrected chi connectivity index (χ3v) is 1.60. The average Bonchev–Trinajstić information content (AvgIpc) is 2.40. The van der Waals surface area contributed by atoms with E-state index in [2.05, 4.69) is 30.5 Å². The predicted octanol–water partition coefficient (Wildman–Crippen LogP) is 2.23.